The minimum absolute atomic E-state index is 0.00279. The lowest BCUT2D eigenvalue weighted by Crippen LogP contribution is -3.61. The van der Waals surface area contributed by atoms with Crippen LogP contribution in [-0.2, 0) is 66.8 Å². The van der Waals surface area contributed by atoms with Gasteiger partial charge in [-0.15, -0.1) is 0 Å². The fraction of sp³-hybridized carbons (Fsp3) is 0.759. The number of nitrogens with one attached hydrogen (secondary N) is 3. The number of carbonyl (C=O) groups excluding carboxylic acids is 6. The molecule has 23 heteroatoms. The molecule has 106 heavy (non-hydrogen) atoms. The van der Waals surface area contributed by atoms with E-state index in [0.717, 1.165) is 115 Å². The van der Waals surface area contributed by atoms with Gasteiger partial charge in [0.15, 0.2) is 7.14 Å². The standard InChI is InChI=1S/C83H141IN4O18/c1-5-9-11-13-15-17-19-21-25-36-46-75(7-3)104-79(90)48-38-27-23-29-40-54-85-81(92)88(82(93)86-55-41-30-24-28-39-49-80(91)106-103-71-69-100-67-65-98-63-61-96-59-58-95-60-62-97-64-66-99-68-70-101-78(89)8-4)57-43-32-31-42-56-87-83(94)105-77(47-37-26-22-20-18-16-14-12-10-6-2)72-102-76-52-50-74(51-53-76)84-73-44-34-33-35-45-73/h8,33-35,44-45,50-53,75,77H,4-7,9-32,36-43,46-49,54-72H2,1-3H3,(H2-,85,86,87,92,93,94)/p+1. The molecule has 22 nitrogen and oxygen atoms in total. The lowest BCUT2D eigenvalue weighted by molar-refractivity contribution is -0.597. The number of urea groups is 2. The molecule has 0 radical (unpaired) electrons. The summed E-state index contributed by atoms with van der Waals surface area (Å²) >= 11 is -0.283. The number of unbranched alkanes of at least 4 members (excludes halogenated alkanes) is 29. The van der Waals surface area contributed by atoms with E-state index < -0.39 is 30.1 Å². The molecule has 2 rings (SSSR count). The van der Waals surface area contributed by atoms with Crippen molar-refractivity contribution in [1.29, 1.82) is 0 Å². The monoisotopic (exact) mass is 1610 g/mol. The van der Waals surface area contributed by atoms with E-state index in [1.165, 1.54) is 121 Å². The summed E-state index contributed by atoms with van der Waals surface area (Å²) in [6.07, 6.45) is 39.5. The van der Waals surface area contributed by atoms with Crippen molar-refractivity contribution in [3.05, 3.63) is 74.4 Å². The first-order chi connectivity index (χ1) is 52.1. The molecule has 2 atom stereocenters. The molecule has 0 bridgehead atoms. The number of alkyl carbamates (subject to hydrolysis) is 1. The molecular formula is C83H142IN4O18+. The molecule has 5 amide bonds. The smallest absolute Gasteiger partial charge is 0.407 e. The zero-order valence-corrected chi connectivity index (χ0v) is 68.0. The molecule has 0 heterocycles. The predicted octanol–water partition coefficient (Wildman–Crippen LogP) is 14.5. The minimum Gasteiger partial charge on any atom is -0.490 e. The Morgan fingerprint density at radius 1 is 0.415 bits per heavy atom. The molecule has 0 aromatic heterocycles. The second-order valence-corrected chi connectivity index (χ2v) is 30.0. The topological polar surface area (TPSA) is 253 Å². The van der Waals surface area contributed by atoms with Crippen LogP contribution in [0, 0.1) is 7.14 Å². The maximum atomic E-state index is 13.6. The van der Waals surface area contributed by atoms with Crippen LogP contribution in [-0.4, -0.2) is 178 Å². The van der Waals surface area contributed by atoms with Gasteiger partial charge in [-0.05, 0) is 107 Å². The molecule has 0 saturated heterocycles. The number of carbonyl (C=O) groups is 6. The van der Waals surface area contributed by atoms with Crippen LogP contribution in [0.3, 0.4) is 0 Å². The average molecular weight is 1610 g/mol. The molecule has 608 valence electrons. The van der Waals surface area contributed by atoms with E-state index >= 15 is 0 Å². The van der Waals surface area contributed by atoms with Gasteiger partial charge in [-0.25, -0.2) is 28.9 Å². The third-order valence-electron chi connectivity index (χ3n) is 17.7. The second-order valence-electron chi connectivity index (χ2n) is 27.0. The van der Waals surface area contributed by atoms with Crippen molar-refractivity contribution in [3.8, 4) is 5.75 Å². The van der Waals surface area contributed by atoms with E-state index in [-0.39, 0.29) is 78.8 Å². The fourth-order valence-electron chi connectivity index (χ4n) is 11.4. The van der Waals surface area contributed by atoms with Crippen molar-refractivity contribution in [3.63, 3.8) is 0 Å². The Bertz CT molecular complexity index is 2400. The summed E-state index contributed by atoms with van der Waals surface area (Å²) in [5.41, 5.74) is 0. The summed E-state index contributed by atoms with van der Waals surface area (Å²) in [6, 6.07) is 18.0. The highest BCUT2D eigenvalue weighted by atomic mass is 127. The van der Waals surface area contributed by atoms with Gasteiger partial charge in [0.2, 0.25) is 0 Å². The average Bonchev–Trinajstić information content (AvgIpc) is 0.906. The highest BCUT2D eigenvalue weighted by Gasteiger charge is 2.22. The summed E-state index contributed by atoms with van der Waals surface area (Å²) < 4.78 is 58.2. The molecule has 2 aromatic carbocycles. The Balaban J connectivity index is 1.71. The lowest BCUT2D eigenvalue weighted by Gasteiger charge is -2.22. The van der Waals surface area contributed by atoms with E-state index in [4.69, 9.17) is 57.1 Å². The van der Waals surface area contributed by atoms with Crippen LogP contribution in [0.4, 0.5) is 14.4 Å². The molecule has 0 fully saturated rings. The highest BCUT2D eigenvalue weighted by molar-refractivity contribution is 5.93. The normalized spacial score (nSPS) is 11.8. The SMILES string of the molecule is C=CC(=O)OCCOCCOCCOCCOCCOCCOCCOOC(=O)CCCCCCCNC(=O)N(CCCCCCNC(=O)OC(CCCCCCCCCCCC)COc1ccc([I+]c2ccccc2)cc1)C(=O)NCCCCCCCC(=O)OC(CC)CCCCCCCCCCCC. The third-order valence-corrected chi connectivity index (χ3v) is 20.4. The summed E-state index contributed by atoms with van der Waals surface area (Å²) in [6.45, 7) is 16.6. The number of benzene rings is 2. The predicted molar refractivity (Wildman–Crippen MR) is 413 cm³/mol. The highest BCUT2D eigenvalue weighted by Crippen LogP contribution is 2.19. The quantitative estimate of drug-likeness (QED) is 0.0106. The lowest BCUT2D eigenvalue weighted by atomic mass is 10.0. The van der Waals surface area contributed by atoms with Gasteiger partial charge in [-0.3, -0.25) is 9.68 Å². The van der Waals surface area contributed by atoms with Crippen LogP contribution in [0.5, 0.6) is 5.75 Å². The van der Waals surface area contributed by atoms with E-state index in [2.05, 4.69) is 79.7 Å². The number of amides is 5. The van der Waals surface area contributed by atoms with E-state index in [1.54, 1.807) is 0 Å². The van der Waals surface area contributed by atoms with E-state index in [9.17, 15) is 28.8 Å². The second kappa shape index (κ2) is 74.0. The Hall–Kier alpha value is -5.15. The van der Waals surface area contributed by atoms with E-state index in [1.807, 2.05) is 18.2 Å². The first kappa shape index (κ1) is 96.9. The number of rotatable bonds is 76. The maximum Gasteiger partial charge on any atom is 0.407 e. The number of hydrogen-bond donors (Lipinski definition) is 3. The van der Waals surface area contributed by atoms with Crippen molar-refractivity contribution in [2.45, 2.75) is 283 Å². The Morgan fingerprint density at radius 3 is 1.28 bits per heavy atom. The minimum atomic E-state index is -0.477. The van der Waals surface area contributed by atoms with Crippen molar-refractivity contribution in [2.24, 2.45) is 0 Å². The number of nitrogens with zero attached hydrogens (tertiary/aromatic N) is 1. The van der Waals surface area contributed by atoms with Crippen LogP contribution >= 0.6 is 0 Å². The summed E-state index contributed by atoms with van der Waals surface area (Å²) in [7, 11) is 0. The Labute approximate surface area is 649 Å². The first-order valence-electron chi connectivity index (χ1n) is 41.1. The van der Waals surface area contributed by atoms with Crippen molar-refractivity contribution < 1.29 is 107 Å². The number of halogens is 1. The van der Waals surface area contributed by atoms with Crippen molar-refractivity contribution in [1.82, 2.24) is 20.9 Å². The molecular weight excluding hydrogens is 1470 g/mol. The van der Waals surface area contributed by atoms with Gasteiger partial charge in [0.25, 0.3) is 0 Å². The van der Waals surface area contributed by atoms with Crippen LogP contribution in [0.1, 0.15) is 271 Å². The number of ether oxygens (including phenoxy) is 10. The molecule has 3 N–H and O–H groups in total. The molecule has 2 unspecified atom stereocenters. The Kier molecular flexibility index (Phi) is 67.6. The van der Waals surface area contributed by atoms with Crippen LogP contribution in [0.2, 0.25) is 0 Å². The third kappa shape index (κ3) is 61.7. The fourth-order valence-corrected chi connectivity index (χ4v) is 13.6. The molecule has 2 aromatic rings. The van der Waals surface area contributed by atoms with Gasteiger partial charge in [-0.1, -0.05) is 212 Å². The van der Waals surface area contributed by atoms with Gasteiger partial charge in [0.05, 0.1) is 79.3 Å². The van der Waals surface area contributed by atoms with Gasteiger partial charge < -0.3 is 63.3 Å². The zero-order chi connectivity index (χ0) is 76.3. The van der Waals surface area contributed by atoms with E-state index in [0.29, 0.717) is 124 Å². The van der Waals surface area contributed by atoms with Crippen LogP contribution < -0.4 is 41.9 Å². The van der Waals surface area contributed by atoms with Gasteiger partial charge in [0.1, 0.15) is 37.8 Å². The zero-order valence-electron chi connectivity index (χ0n) is 65.8. The maximum absolute atomic E-state index is 13.6. The van der Waals surface area contributed by atoms with Crippen LogP contribution in [0.15, 0.2) is 67.3 Å². The van der Waals surface area contributed by atoms with Gasteiger partial charge in [-0.2, -0.15) is 4.89 Å². The number of imide groups is 1. The van der Waals surface area contributed by atoms with Gasteiger partial charge in [0, 0.05) is 45.1 Å². The molecule has 0 aliphatic carbocycles. The van der Waals surface area contributed by atoms with Gasteiger partial charge >= 0.3 is 57.3 Å². The summed E-state index contributed by atoms with van der Waals surface area (Å²) in [4.78, 5) is 87.6. The molecule has 0 aliphatic rings. The summed E-state index contributed by atoms with van der Waals surface area (Å²) in [5, 5.41) is 8.89. The molecule has 0 saturated carbocycles. The van der Waals surface area contributed by atoms with Crippen LogP contribution in [0.25, 0.3) is 0 Å². The first-order valence-corrected chi connectivity index (χ1v) is 43.2. The largest absolute Gasteiger partial charge is 0.490 e. The van der Waals surface area contributed by atoms with Crippen molar-refractivity contribution >= 4 is 36.1 Å². The summed E-state index contributed by atoms with van der Waals surface area (Å²) in [5.74, 6) is -0.273. The Morgan fingerprint density at radius 2 is 0.811 bits per heavy atom. The molecule has 0 spiro atoms. The number of hydrogen-bond acceptors (Lipinski definition) is 18. The number of esters is 2. The van der Waals surface area contributed by atoms with Crippen molar-refractivity contribution in [2.75, 3.05) is 125 Å². The molecule has 0 aliphatic heterocycles.